The maximum Gasteiger partial charge on any atom is 0.141 e. The van der Waals surface area contributed by atoms with E-state index in [4.69, 9.17) is 11.1 Å². The van der Waals surface area contributed by atoms with Gasteiger partial charge < -0.3 is 10.6 Å². The minimum Gasteiger partial charge on any atom is -0.382 e. The number of nitrogens with one attached hydrogen (secondary N) is 1. The van der Waals surface area contributed by atoms with E-state index in [2.05, 4.69) is 30.8 Å². The van der Waals surface area contributed by atoms with Crippen molar-refractivity contribution in [2.24, 2.45) is 5.73 Å². The Hall–Kier alpha value is -1.58. The zero-order valence-electron chi connectivity index (χ0n) is 10.2. The summed E-state index contributed by atoms with van der Waals surface area (Å²) in [4.78, 5) is 6.35. The fraction of sp³-hybridized carbons (Fsp3) is 0.500. The molecule has 88 valence electrons. The van der Waals surface area contributed by atoms with Crippen LogP contribution in [0.3, 0.4) is 0 Å². The van der Waals surface area contributed by atoms with E-state index in [-0.39, 0.29) is 5.84 Å². The molecule has 4 heteroatoms. The largest absolute Gasteiger partial charge is 0.382 e. The summed E-state index contributed by atoms with van der Waals surface area (Å²) >= 11 is 0. The van der Waals surface area contributed by atoms with Crippen LogP contribution in [0.4, 0.5) is 5.69 Å². The standard InChI is InChI=1S/C12H20N4/c1-4-5-9(2)16(3)10-6-7-11(12(13)14)15-8-10/h6-9H,4-5H2,1-3H3,(H3,13,14). The van der Waals surface area contributed by atoms with Crippen molar-refractivity contribution in [1.82, 2.24) is 4.98 Å². The molecule has 0 aliphatic heterocycles. The summed E-state index contributed by atoms with van der Waals surface area (Å²) in [5.74, 6) is 0.0100. The van der Waals surface area contributed by atoms with Gasteiger partial charge in [-0.1, -0.05) is 13.3 Å². The van der Waals surface area contributed by atoms with Crippen molar-refractivity contribution in [3.05, 3.63) is 24.0 Å². The van der Waals surface area contributed by atoms with Crippen LogP contribution in [0, 0.1) is 5.41 Å². The van der Waals surface area contributed by atoms with E-state index in [1.54, 1.807) is 12.3 Å². The van der Waals surface area contributed by atoms with Crippen molar-refractivity contribution in [2.45, 2.75) is 32.7 Å². The number of amidine groups is 1. The van der Waals surface area contributed by atoms with Crippen LogP contribution in [-0.2, 0) is 0 Å². The van der Waals surface area contributed by atoms with Gasteiger partial charge in [-0.15, -0.1) is 0 Å². The fourth-order valence-corrected chi connectivity index (χ4v) is 1.62. The van der Waals surface area contributed by atoms with Gasteiger partial charge in [0.2, 0.25) is 0 Å². The molecule has 16 heavy (non-hydrogen) atoms. The monoisotopic (exact) mass is 220 g/mol. The van der Waals surface area contributed by atoms with Gasteiger partial charge in [0.1, 0.15) is 11.5 Å². The Morgan fingerprint density at radius 2 is 2.25 bits per heavy atom. The molecule has 0 saturated carbocycles. The maximum absolute atomic E-state index is 7.27. The number of nitrogens with two attached hydrogens (primary N) is 1. The Kier molecular flexibility index (Phi) is 4.28. The predicted molar refractivity (Wildman–Crippen MR) is 68.0 cm³/mol. The van der Waals surface area contributed by atoms with E-state index in [0.717, 1.165) is 12.1 Å². The molecule has 0 aliphatic rings. The third kappa shape index (κ3) is 2.95. The molecule has 0 aromatic carbocycles. The lowest BCUT2D eigenvalue weighted by molar-refractivity contribution is 0.615. The Bertz CT molecular complexity index is 345. The zero-order chi connectivity index (χ0) is 12.1. The Labute approximate surface area is 97.0 Å². The maximum atomic E-state index is 7.27. The van der Waals surface area contributed by atoms with Crippen LogP contribution in [0.2, 0.25) is 0 Å². The Morgan fingerprint density at radius 3 is 2.69 bits per heavy atom. The van der Waals surface area contributed by atoms with E-state index in [1.807, 2.05) is 6.07 Å². The number of pyridine rings is 1. The Morgan fingerprint density at radius 1 is 1.56 bits per heavy atom. The lowest BCUT2D eigenvalue weighted by Crippen LogP contribution is -2.28. The molecule has 0 spiro atoms. The average Bonchev–Trinajstić information content (AvgIpc) is 2.28. The van der Waals surface area contributed by atoms with E-state index < -0.39 is 0 Å². The van der Waals surface area contributed by atoms with Crippen molar-refractivity contribution < 1.29 is 0 Å². The molecule has 3 N–H and O–H groups in total. The molecule has 1 aromatic heterocycles. The molecule has 1 rings (SSSR count). The summed E-state index contributed by atoms with van der Waals surface area (Å²) in [6, 6.07) is 4.23. The van der Waals surface area contributed by atoms with E-state index >= 15 is 0 Å². The summed E-state index contributed by atoms with van der Waals surface area (Å²) in [5, 5.41) is 7.27. The van der Waals surface area contributed by atoms with Crippen molar-refractivity contribution in [1.29, 1.82) is 5.41 Å². The third-order valence-electron chi connectivity index (χ3n) is 2.80. The Balaban J connectivity index is 2.77. The van der Waals surface area contributed by atoms with E-state index in [9.17, 15) is 0 Å². The van der Waals surface area contributed by atoms with Crippen LogP contribution in [0.15, 0.2) is 18.3 Å². The lowest BCUT2D eigenvalue weighted by Gasteiger charge is -2.26. The molecule has 0 aliphatic carbocycles. The molecule has 0 amide bonds. The van der Waals surface area contributed by atoms with Gasteiger partial charge in [0.05, 0.1) is 11.9 Å². The summed E-state index contributed by atoms with van der Waals surface area (Å²) in [5.41, 5.74) is 6.94. The number of hydrogen-bond donors (Lipinski definition) is 2. The minimum absolute atomic E-state index is 0.0100. The highest BCUT2D eigenvalue weighted by Crippen LogP contribution is 2.16. The number of hydrogen-bond acceptors (Lipinski definition) is 3. The van der Waals surface area contributed by atoms with Gasteiger partial charge in [-0.3, -0.25) is 10.4 Å². The fourth-order valence-electron chi connectivity index (χ4n) is 1.62. The molecule has 1 heterocycles. The van der Waals surface area contributed by atoms with Crippen LogP contribution in [0.25, 0.3) is 0 Å². The minimum atomic E-state index is 0.0100. The zero-order valence-corrected chi connectivity index (χ0v) is 10.2. The summed E-state index contributed by atoms with van der Waals surface area (Å²) < 4.78 is 0. The number of anilines is 1. The van der Waals surface area contributed by atoms with Crippen molar-refractivity contribution in [2.75, 3.05) is 11.9 Å². The second kappa shape index (κ2) is 5.49. The second-order valence-corrected chi connectivity index (χ2v) is 4.06. The van der Waals surface area contributed by atoms with Gasteiger partial charge in [-0.25, -0.2) is 0 Å². The molecule has 0 bridgehead atoms. The smallest absolute Gasteiger partial charge is 0.141 e. The molecular formula is C12H20N4. The van der Waals surface area contributed by atoms with E-state index in [0.29, 0.717) is 11.7 Å². The van der Waals surface area contributed by atoms with Gasteiger partial charge in [0.15, 0.2) is 0 Å². The van der Waals surface area contributed by atoms with E-state index in [1.165, 1.54) is 6.42 Å². The van der Waals surface area contributed by atoms with Crippen molar-refractivity contribution >= 4 is 11.5 Å². The molecular weight excluding hydrogens is 200 g/mol. The van der Waals surface area contributed by atoms with Crippen LogP contribution >= 0.6 is 0 Å². The predicted octanol–water partition coefficient (Wildman–Crippen LogP) is 1.99. The van der Waals surface area contributed by atoms with Gasteiger partial charge in [-0.2, -0.15) is 0 Å². The topological polar surface area (TPSA) is 66.0 Å². The normalized spacial score (nSPS) is 12.2. The quantitative estimate of drug-likeness (QED) is 0.589. The molecule has 0 saturated heterocycles. The number of aromatic nitrogens is 1. The number of nitrogen functional groups attached to an aromatic ring is 1. The van der Waals surface area contributed by atoms with Gasteiger partial charge >= 0.3 is 0 Å². The number of rotatable bonds is 5. The first-order valence-corrected chi connectivity index (χ1v) is 5.59. The van der Waals surface area contributed by atoms with Crippen LogP contribution < -0.4 is 10.6 Å². The summed E-state index contributed by atoms with van der Waals surface area (Å²) in [6.45, 7) is 4.38. The highest BCUT2D eigenvalue weighted by Gasteiger charge is 2.09. The molecule has 0 fully saturated rings. The van der Waals surface area contributed by atoms with Crippen LogP contribution in [0.1, 0.15) is 32.4 Å². The van der Waals surface area contributed by atoms with Crippen LogP contribution in [0.5, 0.6) is 0 Å². The second-order valence-electron chi connectivity index (χ2n) is 4.06. The molecule has 1 unspecified atom stereocenters. The highest BCUT2D eigenvalue weighted by atomic mass is 15.1. The van der Waals surface area contributed by atoms with Gasteiger partial charge in [0.25, 0.3) is 0 Å². The van der Waals surface area contributed by atoms with Crippen molar-refractivity contribution in [3.63, 3.8) is 0 Å². The summed E-state index contributed by atoms with van der Waals surface area (Å²) in [6.07, 6.45) is 4.10. The average molecular weight is 220 g/mol. The SMILES string of the molecule is CCCC(C)N(C)c1ccc(C(=N)N)nc1. The van der Waals surface area contributed by atoms with Gasteiger partial charge in [-0.05, 0) is 25.5 Å². The first kappa shape index (κ1) is 12.5. The summed E-state index contributed by atoms with van der Waals surface area (Å²) in [7, 11) is 2.06. The first-order chi connectivity index (χ1) is 7.56. The third-order valence-corrected chi connectivity index (χ3v) is 2.80. The molecule has 1 atom stereocenters. The molecule has 4 nitrogen and oxygen atoms in total. The highest BCUT2D eigenvalue weighted by molar-refractivity contribution is 5.93. The molecule has 0 radical (unpaired) electrons. The lowest BCUT2D eigenvalue weighted by atomic mass is 10.1. The first-order valence-electron chi connectivity index (χ1n) is 5.59. The molecule has 1 aromatic rings. The number of nitrogens with zero attached hydrogens (tertiary/aromatic N) is 2. The van der Waals surface area contributed by atoms with Crippen molar-refractivity contribution in [3.8, 4) is 0 Å². The van der Waals surface area contributed by atoms with Crippen LogP contribution in [-0.4, -0.2) is 23.9 Å². The van der Waals surface area contributed by atoms with Gasteiger partial charge in [0, 0.05) is 13.1 Å².